The molecular weight excluding hydrogens is 234 g/mol. The number of primary amides is 1. The van der Waals surface area contributed by atoms with Crippen molar-refractivity contribution in [2.45, 2.75) is 0 Å². The van der Waals surface area contributed by atoms with Gasteiger partial charge in [-0.15, -0.1) is 0 Å². The standard InChI is InChI=1S/C10H9N7O/c11-7-5-16-4-2-13-9(16)10(14-7)17-3-1-6(15-17)8(12)18/h1-5H,11H2,(H2,12,18). The number of carbonyl (C=O) groups excluding carboxylic acids is 1. The molecule has 0 saturated carbocycles. The van der Waals surface area contributed by atoms with Gasteiger partial charge in [0.25, 0.3) is 5.91 Å². The number of carbonyl (C=O) groups is 1. The van der Waals surface area contributed by atoms with Crippen molar-refractivity contribution >= 4 is 17.4 Å². The van der Waals surface area contributed by atoms with Gasteiger partial charge in [0.05, 0.1) is 6.20 Å². The number of nitrogens with zero attached hydrogens (tertiary/aromatic N) is 5. The van der Waals surface area contributed by atoms with Crippen LogP contribution in [0.3, 0.4) is 0 Å². The van der Waals surface area contributed by atoms with Crippen LogP contribution in [-0.2, 0) is 0 Å². The summed E-state index contributed by atoms with van der Waals surface area (Å²) in [6, 6.07) is 1.51. The molecule has 3 aromatic heterocycles. The smallest absolute Gasteiger partial charge is 0.269 e. The van der Waals surface area contributed by atoms with Crippen LogP contribution < -0.4 is 11.5 Å². The molecule has 8 heteroatoms. The number of aromatic nitrogens is 5. The summed E-state index contributed by atoms with van der Waals surface area (Å²) < 4.78 is 3.14. The zero-order valence-electron chi connectivity index (χ0n) is 9.19. The highest BCUT2D eigenvalue weighted by Crippen LogP contribution is 2.13. The molecule has 3 aromatic rings. The Labute approximate surface area is 101 Å². The van der Waals surface area contributed by atoms with Crippen molar-refractivity contribution in [3.05, 3.63) is 36.5 Å². The van der Waals surface area contributed by atoms with Gasteiger partial charge in [-0.05, 0) is 6.07 Å². The van der Waals surface area contributed by atoms with E-state index in [1.54, 1.807) is 29.2 Å². The predicted octanol–water partition coefficient (Wildman–Crippen LogP) is -0.404. The molecule has 0 radical (unpaired) electrons. The van der Waals surface area contributed by atoms with Gasteiger partial charge in [-0.3, -0.25) is 4.79 Å². The Morgan fingerprint density at radius 3 is 2.89 bits per heavy atom. The first-order valence-electron chi connectivity index (χ1n) is 5.10. The minimum absolute atomic E-state index is 0.156. The first kappa shape index (κ1) is 10.3. The van der Waals surface area contributed by atoms with E-state index in [2.05, 4.69) is 15.1 Å². The van der Waals surface area contributed by atoms with Gasteiger partial charge in [0.2, 0.25) is 0 Å². The third-order valence-electron chi connectivity index (χ3n) is 2.43. The van der Waals surface area contributed by atoms with E-state index in [-0.39, 0.29) is 5.69 Å². The number of nitrogen functional groups attached to an aromatic ring is 1. The molecule has 0 atom stereocenters. The fourth-order valence-corrected chi connectivity index (χ4v) is 1.66. The highest BCUT2D eigenvalue weighted by molar-refractivity contribution is 5.90. The second-order valence-electron chi connectivity index (χ2n) is 3.66. The van der Waals surface area contributed by atoms with E-state index >= 15 is 0 Å². The minimum Gasteiger partial charge on any atom is -0.382 e. The first-order chi connectivity index (χ1) is 8.65. The van der Waals surface area contributed by atoms with Crippen LogP contribution in [0.2, 0.25) is 0 Å². The number of rotatable bonds is 2. The molecule has 4 N–H and O–H groups in total. The molecule has 0 bridgehead atoms. The Morgan fingerprint density at radius 1 is 1.33 bits per heavy atom. The molecule has 0 spiro atoms. The van der Waals surface area contributed by atoms with E-state index in [1.807, 2.05) is 0 Å². The van der Waals surface area contributed by atoms with Crippen molar-refractivity contribution in [1.82, 2.24) is 24.1 Å². The lowest BCUT2D eigenvalue weighted by Gasteiger charge is -2.04. The van der Waals surface area contributed by atoms with Gasteiger partial charge in [0.1, 0.15) is 11.5 Å². The van der Waals surface area contributed by atoms with E-state index < -0.39 is 5.91 Å². The summed E-state index contributed by atoms with van der Waals surface area (Å²) in [6.45, 7) is 0. The van der Waals surface area contributed by atoms with Crippen molar-refractivity contribution in [1.29, 1.82) is 0 Å². The van der Waals surface area contributed by atoms with E-state index in [0.717, 1.165) is 0 Å². The monoisotopic (exact) mass is 243 g/mol. The molecule has 0 aliphatic heterocycles. The number of fused-ring (bicyclic) bond motifs is 1. The molecule has 0 aliphatic rings. The Morgan fingerprint density at radius 2 is 2.17 bits per heavy atom. The van der Waals surface area contributed by atoms with Gasteiger partial charge in [-0.2, -0.15) is 5.10 Å². The van der Waals surface area contributed by atoms with Crippen LogP contribution in [0.1, 0.15) is 10.5 Å². The molecule has 18 heavy (non-hydrogen) atoms. The summed E-state index contributed by atoms with van der Waals surface area (Å²) in [6.07, 6.45) is 6.59. The van der Waals surface area contributed by atoms with Crippen LogP contribution >= 0.6 is 0 Å². The van der Waals surface area contributed by atoms with E-state index in [9.17, 15) is 4.79 Å². The summed E-state index contributed by atoms with van der Waals surface area (Å²) in [7, 11) is 0. The number of hydrogen-bond donors (Lipinski definition) is 2. The normalized spacial score (nSPS) is 10.9. The lowest BCUT2D eigenvalue weighted by atomic mass is 10.4. The molecule has 90 valence electrons. The summed E-state index contributed by atoms with van der Waals surface area (Å²) >= 11 is 0. The van der Waals surface area contributed by atoms with E-state index in [4.69, 9.17) is 11.5 Å². The number of amides is 1. The van der Waals surface area contributed by atoms with Crippen LogP contribution in [0, 0.1) is 0 Å². The number of imidazole rings is 1. The average molecular weight is 243 g/mol. The Kier molecular flexibility index (Phi) is 2.03. The molecule has 1 amide bonds. The molecule has 8 nitrogen and oxygen atoms in total. The fraction of sp³-hybridized carbons (Fsp3) is 0. The highest BCUT2D eigenvalue weighted by Gasteiger charge is 2.11. The molecule has 3 heterocycles. The predicted molar refractivity (Wildman–Crippen MR) is 63.0 cm³/mol. The first-order valence-corrected chi connectivity index (χ1v) is 5.10. The van der Waals surface area contributed by atoms with E-state index in [0.29, 0.717) is 17.3 Å². The van der Waals surface area contributed by atoms with Crippen molar-refractivity contribution < 1.29 is 4.79 Å². The molecular formula is C10H9N7O. The molecule has 0 aromatic carbocycles. The molecule has 0 fully saturated rings. The Hall–Kier alpha value is -2.90. The summed E-state index contributed by atoms with van der Waals surface area (Å²) in [4.78, 5) is 19.3. The maximum atomic E-state index is 11.0. The van der Waals surface area contributed by atoms with Gasteiger partial charge in [0.15, 0.2) is 11.5 Å². The van der Waals surface area contributed by atoms with Crippen LogP contribution in [0.5, 0.6) is 0 Å². The third kappa shape index (κ3) is 1.47. The Balaban J connectivity index is 2.23. The minimum atomic E-state index is -0.600. The molecule has 0 unspecified atom stereocenters. The van der Waals surface area contributed by atoms with Gasteiger partial charge >= 0.3 is 0 Å². The summed E-state index contributed by atoms with van der Waals surface area (Å²) in [5.74, 6) is 0.163. The van der Waals surface area contributed by atoms with Gasteiger partial charge < -0.3 is 15.9 Å². The second kappa shape index (κ2) is 3.55. The fourth-order valence-electron chi connectivity index (χ4n) is 1.66. The van der Waals surface area contributed by atoms with Crippen molar-refractivity contribution in [2.75, 3.05) is 5.73 Å². The van der Waals surface area contributed by atoms with Crippen LogP contribution in [0.15, 0.2) is 30.9 Å². The quantitative estimate of drug-likeness (QED) is 0.634. The van der Waals surface area contributed by atoms with Gasteiger partial charge in [-0.1, -0.05) is 0 Å². The van der Waals surface area contributed by atoms with Crippen molar-refractivity contribution in [2.24, 2.45) is 5.73 Å². The number of anilines is 1. The maximum absolute atomic E-state index is 11.0. The summed E-state index contributed by atoms with van der Waals surface area (Å²) in [5, 5.41) is 4.02. The van der Waals surface area contributed by atoms with E-state index in [1.165, 1.54) is 10.7 Å². The van der Waals surface area contributed by atoms with Crippen LogP contribution in [0.25, 0.3) is 11.5 Å². The SMILES string of the molecule is NC(=O)c1ccn(-c2nc(N)cn3ccnc23)n1. The highest BCUT2D eigenvalue weighted by atomic mass is 16.1. The molecule has 0 saturated heterocycles. The average Bonchev–Trinajstić information content (AvgIpc) is 2.95. The van der Waals surface area contributed by atoms with Gasteiger partial charge in [-0.25, -0.2) is 14.6 Å². The number of nitrogens with two attached hydrogens (primary N) is 2. The van der Waals surface area contributed by atoms with Crippen molar-refractivity contribution in [3.63, 3.8) is 0 Å². The third-order valence-corrected chi connectivity index (χ3v) is 2.43. The lowest BCUT2D eigenvalue weighted by molar-refractivity contribution is 0.0995. The van der Waals surface area contributed by atoms with Crippen molar-refractivity contribution in [3.8, 4) is 5.82 Å². The maximum Gasteiger partial charge on any atom is 0.269 e. The largest absolute Gasteiger partial charge is 0.382 e. The zero-order chi connectivity index (χ0) is 12.7. The van der Waals surface area contributed by atoms with Crippen LogP contribution in [-0.4, -0.2) is 30.1 Å². The van der Waals surface area contributed by atoms with Gasteiger partial charge in [0, 0.05) is 18.6 Å². The van der Waals surface area contributed by atoms with Crippen LogP contribution in [0.4, 0.5) is 5.82 Å². The summed E-state index contributed by atoms with van der Waals surface area (Å²) in [5.41, 5.74) is 11.6. The molecule has 0 aliphatic carbocycles. The topological polar surface area (TPSA) is 117 Å². The number of hydrogen-bond acceptors (Lipinski definition) is 5. The second-order valence-corrected chi connectivity index (χ2v) is 3.66. The Bertz CT molecular complexity index is 742. The zero-order valence-corrected chi connectivity index (χ0v) is 9.19. The molecule has 3 rings (SSSR count). The lowest BCUT2D eigenvalue weighted by Crippen LogP contribution is -2.13.